The van der Waals surface area contributed by atoms with Crippen molar-refractivity contribution in [3.05, 3.63) is 97.9 Å². The lowest BCUT2D eigenvalue weighted by molar-refractivity contribution is 0.0972. The van der Waals surface area contributed by atoms with Gasteiger partial charge in [0.15, 0.2) is 5.78 Å². The lowest BCUT2D eigenvalue weighted by Crippen LogP contribution is -2.10. The molecule has 0 amide bonds. The molecule has 0 aliphatic heterocycles. The van der Waals surface area contributed by atoms with E-state index in [-0.39, 0.29) is 5.78 Å². The molecule has 1 aliphatic carbocycles. The zero-order chi connectivity index (χ0) is 19.9. The fourth-order valence-electron chi connectivity index (χ4n) is 2.93. The van der Waals surface area contributed by atoms with Crippen LogP contribution in [-0.4, -0.2) is 5.78 Å². The molecule has 0 atom stereocenters. The van der Waals surface area contributed by atoms with E-state index in [4.69, 9.17) is 27.9 Å². The molecule has 28 heavy (non-hydrogen) atoms. The van der Waals surface area contributed by atoms with Gasteiger partial charge in [0.2, 0.25) is 0 Å². The zero-order valence-corrected chi connectivity index (χ0v) is 18.2. The summed E-state index contributed by atoms with van der Waals surface area (Å²) in [7, 11) is 0. The summed E-state index contributed by atoms with van der Waals surface area (Å²) in [4.78, 5) is 11.9. The number of ketones is 1. The number of fused-ring (bicyclic) bond motifs is 1. The minimum Gasteiger partial charge on any atom is -0.489 e. The Kier molecular flexibility index (Phi) is 7.55. The third-order valence-corrected chi connectivity index (χ3v) is 5.63. The van der Waals surface area contributed by atoms with Crippen molar-refractivity contribution in [2.75, 3.05) is 0 Å². The summed E-state index contributed by atoms with van der Waals surface area (Å²) < 4.78 is 6.76. The van der Waals surface area contributed by atoms with Crippen molar-refractivity contribution in [2.45, 2.75) is 25.9 Å². The smallest absolute Gasteiger partial charge is 0.163 e. The van der Waals surface area contributed by atoms with Gasteiger partial charge in [0, 0.05) is 32.1 Å². The number of carbonyl (C=O) groups excluding carboxylic acids is 1. The molecule has 0 fully saturated rings. The van der Waals surface area contributed by atoms with Crippen LogP contribution in [-0.2, 0) is 13.0 Å². The summed E-state index contributed by atoms with van der Waals surface area (Å²) in [6.45, 7) is 0.411. The second kappa shape index (κ2) is 10.1. The van der Waals surface area contributed by atoms with E-state index in [2.05, 4.69) is 15.9 Å². The lowest BCUT2D eigenvalue weighted by atomic mass is 9.90. The molecule has 0 N–H and O–H groups in total. The number of benzene rings is 3. The molecule has 4 rings (SSSR count). The normalized spacial score (nSPS) is 12.6. The average molecular weight is 478 g/mol. The fourth-order valence-corrected chi connectivity index (χ4v) is 3.63. The van der Waals surface area contributed by atoms with Crippen LogP contribution in [0.5, 0.6) is 5.75 Å². The second-order valence-electron chi connectivity index (χ2n) is 6.42. The topological polar surface area (TPSA) is 26.3 Å². The molecule has 0 saturated carbocycles. The van der Waals surface area contributed by atoms with Crippen LogP contribution in [0, 0.1) is 0 Å². The summed E-state index contributed by atoms with van der Waals surface area (Å²) in [6.07, 6.45) is 2.55. The van der Waals surface area contributed by atoms with Crippen LogP contribution >= 0.6 is 39.1 Å². The highest BCUT2D eigenvalue weighted by atomic mass is 79.9. The molecular weight excluding hydrogens is 459 g/mol. The molecule has 0 spiro atoms. The maximum absolute atomic E-state index is 11.9. The van der Waals surface area contributed by atoms with Gasteiger partial charge >= 0.3 is 0 Å². The Morgan fingerprint density at radius 2 is 1.68 bits per heavy atom. The molecule has 1 aliphatic rings. The summed E-state index contributed by atoms with van der Waals surface area (Å²) in [5.41, 5.74) is 2.91. The molecule has 2 nitrogen and oxygen atoms in total. The van der Waals surface area contributed by atoms with Gasteiger partial charge in [-0.2, -0.15) is 0 Å². The third-order valence-electron chi connectivity index (χ3n) is 4.37. The van der Waals surface area contributed by atoms with Crippen LogP contribution in [0.1, 0.15) is 34.3 Å². The maximum Gasteiger partial charge on any atom is 0.163 e. The zero-order valence-electron chi connectivity index (χ0n) is 15.1. The van der Waals surface area contributed by atoms with Crippen molar-refractivity contribution >= 4 is 44.9 Å². The Hall–Kier alpha value is -1.81. The van der Waals surface area contributed by atoms with Crippen LogP contribution < -0.4 is 4.74 Å². The second-order valence-corrected chi connectivity index (χ2v) is 8.14. The maximum atomic E-state index is 11.9. The van der Waals surface area contributed by atoms with E-state index in [0.29, 0.717) is 18.1 Å². The SMILES string of the molecule is Clc1ccccc1.O=C1CCCc2ccc(OCc3cc(Cl)ccc3Br)cc21. The summed E-state index contributed by atoms with van der Waals surface area (Å²) >= 11 is 15.0. The van der Waals surface area contributed by atoms with Crippen molar-refractivity contribution in [1.82, 2.24) is 0 Å². The number of hydrogen-bond acceptors (Lipinski definition) is 2. The van der Waals surface area contributed by atoms with E-state index >= 15 is 0 Å². The van der Waals surface area contributed by atoms with Gasteiger partial charge in [0.1, 0.15) is 12.4 Å². The van der Waals surface area contributed by atoms with Gasteiger partial charge < -0.3 is 4.74 Å². The predicted octanol–water partition coefficient (Wildman–Crippen LogP) is 7.54. The lowest BCUT2D eigenvalue weighted by Gasteiger charge is -2.16. The van der Waals surface area contributed by atoms with Crippen LogP contribution in [0.4, 0.5) is 0 Å². The van der Waals surface area contributed by atoms with Gasteiger partial charge in [-0.1, -0.05) is 63.4 Å². The first kappa shape index (κ1) is 20.9. The van der Waals surface area contributed by atoms with Crippen LogP contribution in [0.25, 0.3) is 0 Å². The Labute approximate surface area is 183 Å². The number of carbonyl (C=O) groups is 1. The summed E-state index contributed by atoms with van der Waals surface area (Å²) in [6, 6.07) is 20.8. The molecular formula is C23H19BrCl2O2. The van der Waals surface area contributed by atoms with Crippen molar-refractivity contribution < 1.29 is 9.53 Å². The predicted molar refractivity (Wildman–Crippen MR) is 119 cm³/mol. The highest BCUT2D eigenvalue weighted by Gasteiger charge is 2.17. The van der Waals surface area contributed by atoms with E-state index in [1.54, 1.807) is 0 Å². The van der Waals surface area contributed by atoms with Crippen LogP contribution in [0.3, 0.4) is 0 Å². The molecule has 0 saturated heterocycles. The third kappa shape index (κ3) is 5.84. The molecule has 0 bridgehead atoms. The van der Waals surface area contributed by atoms with Crippen molar-refractivity contribution in [2.24, 2.45) is 0 Å². The molecule has 144 valence electrons. The van der Waals surface area contributed by atoms with Gasteiger partial charge in [-0.15, -0.1) is 0 Å². The summed E-state index contributed by atoms with van der Waals surface area (Å²) in [5, 5.41) is 1.47. The Balaban J connectivity index is 0.000000271. The monoisotopic (exact) mass is 476 g/mol. The number of halogens is 3. The summed E-state index contributed by atoms with van der Waals surface area (Å²) in [5.74, 6) is 0.932. The molecule has 0 unspecified atom stereocenters. The van der Waals surface area contributed by atoms with E-state index in [1.807, 2.05) is 66.7 Å². The number of aryl methyl sites for hydroxylation is 1. The van der Waals surface area contributed by atoms with Crippen molar-refractivity contribution in [3.63, 3.8) is 0 Å². The van der Waals surface area contributed by atoms with E-state index in [0.717, 1.165) is 44.8 Å². The molecule has 5 heteroatoms. The fraction of sp³-hybridized carbons (Fsp3) is 0.174. The van der Waals surface area contributed by atoms with E-state index in [9.17, 15) is 4.79 Å². The van der Waals surface area contributed by atoms with Crippen LogP contribution in [0.2, 0.25) is 10.0 Å². The highest BCUT2D eigenvalue weighted by Crippen LogP contribution is 2.27. The van der Waals surface area contributed by atoms with Gasteiger partial charge in [0.25, 0.3) is 0 Å². The quantitative estimate of drug-likeness (QED) is 0.389. The first-order valence-electron chi connectivity index (χ1n) is 8.96. The first-order valence-corrected chi connectivity index (χ1v) is 10.5. The van der Waals surface area contributed by atoms with E-state index < -0.39 is 0 Å². The Bertz CT molecular complexity index is 958. The Morgan fingerprint density at radius 1 is 0.893 bits per heavy atom. The molecule has 0 aromatic heterocycles. The van der Waals surface area contributed by atoms with Gasteiger partial charge in [-0.05, 0) is 60.9 Å². The molecule has 3 aromatic rings. The average Bonchev–Trinajstić information content (AvgIpc) is 2.70. The minimum absolute atomic E-state index is 0.214. The Morgan fingerprint density at radius 3 is 2.39 bits per heavy atom. The molecule has 3 aromatic carbocycles. The number of rotatable bonds is 3. The van der Waals surface area contributed by atoms with Crippen molar-refractivity contribution in [3.8, 4) is 5.75 Å². The van der Waals surface area contributed by atoms with Gasteiger partial charge in [0.05, 0.1) is 0 Å². The van der Waals surface area contributed by atoms with Crippen LogP contribution in [0.15, 0.2) is 71.2 Å². The van der Waals surface area contributed by atoms with E-state index in [1.165, 1.54) is 0 Å². The number of Topliss-reactive ketones (excluding diaryl/α,β-unsaturated/α-hetero) is 1. The van der Waals surface area contributed by atoms with Crippen molar-refractivity contribution in [1.29, 1.82) is 0 Å². The molecule has 0 radical (unpaired) electrons. The molecule has 0 heterocycles. The van der Waals surface area contributed by atoms with Gasteiger partial charge in [-0.25, -0.2) is 0 Å². The highest BCUT2D eigenvalue weighted by molar-refractivity contribution is 9.10. The number of ether oxygens (including phenoxy) is 1. The standard InChI is InChI=1S/C17H14BrClO2.C6H5Cl/c18-16-7-5-13(19)8-12(16)10-21-14-6-4-11-2-1-3-17(20)15(11)9-14;7-6-4-2-1-3-5-6/h4-9H,1-3,10H2;1-5H. The first-order chi connectivity index (χ1) is 13.5. The largest absolute Gasteiger partial charge is 0.489 e. The van der Waals surface area contributed by atoms with Gasteiger partial charge in [-0.3, -0.25) is 4.79 Å². The number of hydrogen-bond donors (Lipinski definition) is 0. The minimum atomic E-state index is 0.214.